The van der Waals surface area contributed by atoms with Crippen molar-refractivity contribution in [2.24, 2.45) is 0 Å². The second kappa shape index (κ2) is 3.66. The molecule has 0 radical (unpaired) electrons. The van der Waals surface area contributed by atoms with Crippen LogP contribution in [0, 0.1) is 6.92 Å². The highest BCUT2D eigenvalue weighted by atomic mass is 16.3. The first-order chi connectivity index (χ1) is 6.07. The Morgan fingerprint density at radius 3 is 2.54 bits per heavy atom. The summed E-state index contributed by atoms with van der Waals surface area (Å²) < 4.78 is 1.55. The maximum absolute atomic E-state index is 10.5. The average Bonchev–Trinajstić information content (AvgIpc) is 2.45. The van der Waals surface area contributed by atoms with Gasteiger partial charge in [0.2, 0.25) is 0 Å². The minimum Gasteiger partial charge on any atom is -0.391 e. The van der Waals surface area contributed by atoms with Crippen LogP contribution < -0.4 is 0 Å². The van der Waals surface area contributed by atoms with Gasteiger partial charge in [-0.1, -0.05) is 5.21 Å². The van der Waals surface area contributed by atoms with E-state index in [0.29, 0.717) is 17.7 Å². The molecule has 2 unspecified atom stereocenters. The number of aliphatic hydroxyl groups is 1. The molecule has 0 aliphatic carbocycles. The van der Waals surface area contributed by atoms with Gasteiger partial charge in [-0.05, 0) is 20.8 Å². The Bertz CT molecular complexity index is 306. The Kier molecular flexibility index (Phi) is 2.77. The number of aromatic nitrogens is 3. The van der Waals surface area contributed by atoms with Crippen molar-refractivity contribution in [2.75, 3.05) is 0 Å². The Morgan fingerprint density at radius 2 is 2.15 bits per heavy atom. The molecule has 1 rings (SSSR count). The van der Waals surface area contributed by atoms with Crippen LogP contribution in [0.2, 0.25) is 0 Å². The van der Waals surface area contributed by atoms with Crippen LogP contribution in [0.1, 0.15) is 36.1 Å². The lowest BCUT2D eigenvalue weighted by Crippen LogP contribution is -2.20. The van der Waals surface area contributed by atoms with Gasteiger partial charge >= 0.3 is 0 Å². The monoisotopic (exact) mass is 183 g/mol. The highest BCUT2D eigenvalue weighted by molar-refractivity contribution is 5.72. The summed E-state index contributed by atoms with van der Waals surface area (Å²) in [4.78, 5) is 10.5. The average molecular weight is 183 g/mol. The molecule has 1 aromatic rings. The van der Waals surface area contributed by atoms with Crippen LogP contribution in [0.5, 0.6) is 0 Å². The first-order valence-electron chi connectivity index (χ1n) is 4.13. The summed E-state index contributed by atoms with van der Waals surface area (Å²) in [7, 11) is 0. The standard InChI is InChI=1S/C8H13N3O2/c1-5(7(3)13)11-6(2)8(4-12)9-10-11/h4-5,7,13H,1-3H3. The highest BCUT2D eigenvalue weighted by Crippen LogP contribution is 2.12. The van der Waals surface area contributed by atoms with E-state index in [-0.39, 0.29) is 6.04 Å². The lowest BCUT2D eigenvalue weighted by Gasteiger charge is -2.15. The number of hydrogen-bond donors (Lipinski definition) is 1. The molecule has 5 nitrogen and oxygen atoms in total. The molecule has 0 spiro atoms. The predicted octanol–water partition coefficient (Wildman–Crippen LogP) is 0.341. The number of carbonyl (C=O) groups excluding carboxylic acids is 1. The molecule has 0 amide bonds. The molecule has 72 valence electrons. The maximum Gasteiger partial charge on any atom is 0.172 e. The normalized spacial score (nSPS) is 15.4. The molecule has 0 fully saturated rings. The molecule has 0 aromatic carbocycles. The van der Waals surface area contributed by atoms with Crippen LogP contribution in [0.4, 0.5) is 0 Å². The largest absolute Gasteiger partial charge is 0.391 e. The van der Waals surface area contributed by atoms with E-state index < -0.39 is 6.10 Å². The van der Waals surface area contributed by atoms with Crippen LogP contribution in [0.15, 0.2) is 0 Å². The lowest BCUT2D eigenvalue weighted by atomic mass is 10.2. The molecule has 0 aliphatic rings. The summed E-state index contributed by atoms with van der Waals surface area (Å²) in [6.45, 7) is 5.25. The third kappa shape index (κ3) is 1.75. The smallest absolute Gasteiger partial charge is 0.172 e. The van der Waals surface area contributed by atoms with Gasteiger partial charge in [0.1, 0.15) is 5.69 Å². The molecule has 1 aromatic heterocycles. The first-order valence-corrected chi connectivity index (χ1v) is 4.13. The third-order valence-corrected chi connectivity index (χ3v) is 2.16. The first kappa shape index (κ1) is 9.85. The van der Waals surface area contributed by atoms with E-state index in [1.54, 1.807) is 18.5 Å². The fourth-order valence-electron chi connectivity index (χ4n) is 1.05. The van der Waals surface area contributed by atoms with Gasteiger partial charge in [-0.3, -0.25) is 4.79 Å². The van der Waals surface area contributed by atoms with Crippen molar-refractivity contribution >= 4 is 6.29 Å². The van der Waals surface area contributed by atoms with E-state index >= 15 is 0 Å². The molecular formula is C8H13N3O2. The van der Waals surface area contributed by atoms with Crippen LogP contribution in [0.3, 0.4) is 0 Å². The molecule has 0 aliphatic heterocycles. The number of nitrogens with zero attached hydrogens (tertiary/aromatic N) is 3. The van der Waals surface area contributed by atoms with Crippen LogP contribution in [-0.4, -0.2) is 32.5 Å². The number of carbonyl (C=O) groups is 1. The Balaban J connectivity index is 3.01. The molecule has 2 atom stereocenters. The van der Waals surface area contributed by atoms with Gasteiger partial charge in [-0.25, -0.2) is 4.68 Å². The number of aldehydes is 1. The zero-order valence-corrected chi connectivity index (χ0v) is 7.93. The van der Waals surface area contributed by atoms with Gasteiger partial charge < -0.3 is 5.11 Å². The summed E-state index contributed by atoms with van der Waals surface area (Å²) in [5.41, 5.74) is 1.01. The lowest BCUT2D eigenvalue weighted by molar-refractivity contribution is 0.111. The van der Waals surface area contributed by atoms with Crippen molar-refractivity contribution in [1.29, 1.82) is 0 Å². The van der Waals surface area contributed by atoms with E-state index in [2.05, 4.69) is 10.3 Å². The van der Waals surface area contributed by atoms with Crippen LogP contribution in [-0.2, 0) is 0 Å². The predicted molar refractivity (Wildman–Crippen MR) is 46.5 cm³/mol. The molecule has 1 heterocycles. The number of hydrogen-bond acceptors (Lipinski definition) is 4. The molecule has 0 bridgehead atoms. The SMILES string of the molecule is Cc1c(C=O)nnn1C(C)C(C)O. The van der Waals surface area contributed by atoms with E-state index in [0.717, 1.165) is 0 Å². The van der Waals surface area contributed by atoms with Gasteiger partial charge in [0.25, 0.3) is 0 Å². The molecule has 5 heteroatoms. The van der Waals surface area contributed by atoms with E-state index in [4.69, 9.17) is 0 Å². The van der Waals surface area contributed by atoms with E-state index in [1.807, 2.05) is 6.92 Å². The minimum atomic E-state index is -0.514. The van der Waals surface area contributed by atoms with Crippen molar-refractivity contribution in [3.8, 4) is 0 Å². The summed E-state index contributed by atoms with van der Waals surface area (Å²) in [6, 6.07) is -0.166. The van der Waals surface area contributed by atoms with Crippen LogP contribution >= 0.6 is 0 Å². The summed E-state index contributed by atoms with van der Waals surface area (Å²) in [6.07, 6.45) is 0.146. The van der Waals surface area contributed by atoms with Crippen molar-refractivity contribution in [3.05, 3.63) is 11.4 Å². The van der Waals surface area contributed by atoms with Crippen molar-refractivity contribution in [1.82, 2.24) is 15.0 Å². The Labute approximate surface area is 76.4 Å². The Morgan fingerprint density at radius 1 is 1.54 bits per heavy atom. The van der Waals surface area contributed by atoms with Crippen molar-refractivity contribution in [2.45, 2.75) is 32.9 Å². The van der Waals surface area contributed by atoms with Gasteiger partial charge in [0.15, 0.2) is 6.29 Å². The van der Waals surface area contributed by atoms with Crippen molar-refractivity contribution < 1.29 is 9.90 Å². The molecule has 0 saturated carbocycles. The minimum absolute atomic E-state index is 0.166. The van der Waals surface area contributed by atoms with Gasteiger partial charge in [-0.15, -0.1) is 5.10 Å². The van der Waals surface area contributed by atoms with Gasteiger partial charge in [-0.2, -0.15) is 0 Å². The number of aliphatic hydroxyl groups excluding tert-OH is 1. The van der Waals surface area contributed by atoms with E-state index in [9.17, 15) is 9.90 Å². The second-order valence-corrected chi connectivity index (χ2v) is 3.10. The van der Waals surface area contributed by atoms with Crippen LogP contribution in [0.25, 0.3) is 0 Å². The topological polar surface area (TPSA) is 68.0 Å². The Hall–Kier alpha value is -1.23. The molecule has 0 saturated heterocycles. The molecule has 13 heavy (non-hydrogen) atoms. The van der Waals surface area contributed by atoms with Gasteiger partial charge in [0.05, 0.1) is 17.8 Å². The quantitative estimate of drug-likeness (QED) is 0.686. The molecular weight excluding hydrogens is 170 g/mol. The summed E-state index contributed by atoms with van der Waals surface area (Å²) in [5, 5.41) is 16.8. The highest BCUT2D eigenvalue weighted by Gasteiger charge is 2.16. The maximum atomic E-state index is 10.5. The van der Waals surface area contributed by atoms with Gasteiger partial charge in [0, 0.05) is 0 Å². The zero-order chi connectivity index (χ0) is 10.0. The second-order valence-electron chi connectivity index (χ2n) is 3.10. The fraction of sp³-hybridized carbons (Fsp3) is 0.625. The van der Waals surface area contributed by atoms with Crippen molar-refractivity contribution in [3.63, 3.8) is 0 Å². The van der Waals surface area contributed by atoms with E-state index in [1.165, 1.54) is 0 Å². The number of rotatable bonds is 3. The zero-order valence-electron chi connectivity index (χ0n) is 7.93. The summed E-state index contributed by atoms with van der Waals surface area (Å²) >= 11 is 0. The third-order valence-electron chi connectivity index (χ3n) is 2.16. The summed E-state index contributed by atoms with van der Waals surface area (Å²) in [5.74, 6) is 0. The molecule has 1 N–H and O–H groups in total. The fourth-order valence-corrected chi connectivity index (χ4v) is 1.05.